The molecule has 0 spiro atoms. The van der Waals surface area contributed by atoms with Crippen molar-refractivity contribution in [3.8, 4) is 33.4 Å². The number of hydrogen-bond acceptors (Lipinski definition) is 3. The van der Waals surface area contributed by atoms with Gasteiger partial charge in [0.1, 0.15) is 0 Å². The third-order valence-corrected chi connectivity index (χ3v) is 12.8. The molecular formula is C58H40N2S. The second-order valence-corrected chi connectivity index (χ2v) is 16.4. The van der Waals surface area contributed by atoms with Crippen molar-refractivity contribution in [2.24, 2.45) is 0 Å². The highest BCUT2D eigenvalue weighted by Gasteiger charge is 2.27. The van der Waals surface area contributed by atoms with Gasteiger partial charge in [-0.1, -0.05) is 182 Å². The minimum absolute atomic E-state index is 1.08. The molecule has 10 aromatic carbocycles. The summed E-state index contributed by atoms with van der Waals surface area (Å²) in [6, 6.07) is 87.9. The summed E-state index contributed by atoms with van der Waals surface area (Å²) in [7, 11) is 0. The Hall–Kier alpha value is -7.72. The highest BCUT2D eigenvalue weighted by molar-refractivity contribution is 7.26. The minimum atomic E-state index is 1.08. The Morgan fingerprint density at radius 1 is 0.295 bits per heavy atom. The van der Waals surface area contributed by atoms with E-state index in [0.29, 0.717) is 0 Å². The maximum atomic E-state index is 2.49. The van der Waals surface area contributed by atoms with Crippen molar-refractivity contribution in [3.05, 3.63) is 243 Å². The average molecular weight is 797 g/mol. The summed E-state index contributed by atoms with van der Waals surface area (Å²) in [5.74, 6) is 0. The van der Waals surface area contributed by atoms with E-state index < -0.39 is 0 Å². The molecule has 0 unspecified atom stereocenters. The standard InChI is InChI=1S/C58H40N2S/c1-5-16-41(17-6-1)44-28-33-49(34-29-44)59(48-24-11-4-12-25-48)54-38-39-55-56(53-37-32-46-22-13-14-27-52(46)58(53)61-55)57(54)60(50-35-30-45(31-36-50)42-18-7-2-8-19-42)51-26-15-23-47(40-51)43-20-9-3-10-21-43/h1-40H. The molecule has 0 saturated carbocycles. The molecule has 0 amide bonds. The smallest absolute Gasteiger partial charge is 0.0796 e. The molecule has 0 fully saturated rings. The molecule has 11 rings (SSSR count). The molecule has 0 aliphatic carbocycles. The lowest BCUT2D eigenvalue weighted by Crippen LogP contribution is -2.17. The number of para-hydroxylation sites is 1. The molecule has 2 nitrogen and oxygen atoms in total. The summed E-state index contributed by atoms with van der Waals surface area (Å²) in [5.41, 5.74) is 13.6. The van der Waals surface area contributed by atoms with Gasteiger partial charge < -0.3 is 9.80 Å². The van der Waals surface area contributed by atoms with Crippen LogP contribution in [0.5, 0.6) is 0 Å². The van der Waals surface area contributed by atoms with Gasteiger partial charge in [0.25, 0.3) is 0 Å². The molecule has 0 N–H and O–H groups in total. The van der Waals surface area contributed by atoms with Gasteiger partial charge in [-0.15, -0.1) is 11.3 Å². The topological polar surface area (TPSA) is 6.48 Å². The maximum Gasteiger partial charge on any atom is 0.0796 e. The molecule has 0 saturated heterocycles. The van der Waals surface area contributed by atoms with E-state index in [1.54, 1.807) is 0 Å². The molecule has 1 heterocycles. The van der Waals surface area contributed by atoms with E-state index >= 15 is 0 Å². The van der Waals surface area contributed by atoms with Gasteiger partial charge in [0.2, 0.25) is 0 Å². The number of nitrogens with zero attached hydrogens (tertiary/aromatic N) is 2. The van der Waals surface area contributed by atoms with Crippen LogP contribution >= 0.6 is 11.3 Å². The lowest BCUT2D eigenvalue weighted by molar-refractivity contribution is 1.24. The summed E-state index contributed by atoms with van der Waals surface area (Å²) in [6.07, 6.45) is 0. The molecule has 0 aliphatic rings. The van der Waals surface area contributed by atoms with Crippen molar-refractivity contribution in [2.75, 3.05) is 9.80 Å². The Kier molecular flexibility index (Phi) is 9.42. The number of anilines is 6. The predicted octanol–water partition coefficient (Wildman–Crippen LogP) is 17.1. The zero-order chi connectivity index (χ0) is 40.5. The molecule has 11 aromatic rings. The van der Waals surface area contributed by atoms with E-state index in [2.05, 4.69) is 252 Å². The number of benzene rings is 10. The van der Waals surface area contributed by atoms with Crippen LogP contribution in [-0.4, -0.2) is 0 Å². The van der Waals surface area contributed by atoms with Crippen LogP contribution in [0.25, 0.3) is 64.3 Å². The van der Waals surface area contributed by atoms with Crippen molar-refractivity contribution < 1.29 is 0 Å². The molecule has 0 bridgehead atoms. The van der Waals surface area contributed by atoms with E-state index in [4.69, 9.17) is 0 Å². The molecule has 1 aromatic heterocycles. The Bertz CT molecular complexity index is 3270. The van der Waals surface area contributed by atoms with Gasteiger partial charge in [-0.2, -0.15) is 0 Å². The number of thiophene rings is 1. The highest BCUT2D eigenvalue weighted by atomic mass is 32.1. The fourth-order valence-electron chi connectivity index (χ4n) is 8.71. The van der Waals surface area contributed by atoms with Crippen LogP contribution in [0.4, 0.5) is 34.1 Å². The molecule has 3 heteroatoms. The normalized spacial score (nSPS) is 11.3. The fraction of sp³-hybridized carbons (Fsp3) is 0. The minimum Gasteiger partial charge on any atom is -0.308 e. The molecule has 61 heavy (non-hydrogen) atoms. The first-order valence-corrected chi connectivity index (χ1v) is 21.6. The van der Waals surface area contributed by atoms with E-state index in [9.17, 15) is 0 Å². The SMILES string of the molecule is c1ccc(-c2ccc(N(c3ccccc3)c3ccc4sc5c6ccccc6ccc5c4c3N(c3ccc(-c4ccccc4)cc3)c3cccc(-c4ccccc4)c3)cc2)cc1. The van der Waals surface area contributed by atoms with Crippen LogP contribution in [0, 0.1) is 0 Å². The van der Waals surface area contributed by atoms with E-state index in [1.165, 1.54) is 58.8 Å². The van der Waals surface area contributed by atoms with Crippen LogP contribution in [0.2, 0.25) is 0 Å². The summed E-state index contributed by atoms with van der Waals surface area (Å²) < 4.78 is 2.53. The Labute approximate surface area is 360 Å². The van der Waals surface area contributed by atoms with Crippen molar-refractivity contribution in [3.63, 3.8) is 0 Å². The highest BCUT2D eigenvalue weighted by Crippen LogP contribution is 2.53. The van der Waals surface area contributed by atoms with Gasteiger partial charge in [0.05, 0.1) is 11.4 Å². The maximum absolute atomic E-state index is 2.49. The summed E-state index contributed by atoms with van der Waals surface area (Å²) in [6.45, 7) is 0. The third kappa shape index (κ3) is 6.81. The van der Waals surface area contributed by atoms with Crippen LogP contribution in [0.15, 0.2) is 243 Å². The summed E-state index contributed by atoms with van der Waals surface area (Å²) >= 11 is 1.88. The van der Waals surface area contributed by atoms with Crippen LogP contribution in [0.1, 0.15) is 0 Å². The van der Waals surface area contributed by atoms with Crippen molar-refractivity contribution in [2.45, 2.75) is 0 Å². The Morgan fingerprint density at radius 2 is 0.770 bits per heavy atom. The van der Waals surface area contributed by atoms with Crippen LogP contribution in [-0.2, 0) is 0 Å². The largest absolute Gasteiger partial charge is 0.308 e. The lowest BCUT2D eigenvalue weighted by Gasteiger charge is -2.34. The lowest BCUT2D eigenvalue weighted by atomic mass is 10.00. The van der Waals surface area contributed by atoms with E-state index in [1.807, 2.05) is 11.3 Å². The van der Waals surface area contributed by atoms with Crippen molar-refractivity contribution >= 4 is 76.4 Å². The predicted molar refractivity (Wildman–Crippen MR) is 263 cm³/mol. The first kappa shape index (κ1) is 36.4. The molecule has 0 radical (unpaired) electrons. The second-order valence-electron chi connectivity index (χ2n) is 15.3. The van der Waals surface area contributed by atoms with Gasteiger partial charge in [-0.3, -0.25) is 0 Å². The summed E-state index contributed by atoms with van der Waals surface area (Å²) in [5, 5.41) is 4.99. The van der Waals surface area contributed by atoms with Gasteiger partial charge in [-0.05, 0) is 105 Å². The van der Waals surface area contributed by atoms with Crippen molar-refractivity contribution in [1.29, 1.82) is 0 Å². The zero-order valence-electron chi connectivity index (χ0n) is 33.4. The Morgan fingerprint density at radius 3 is 1.39 bits per heavy atom. The molecule has 288 valence electrons. The van der Waals surface area contributed by atoms with Gasteiger partial charge in [-0.25, -0.2) is 0 Å². The number of fused-ring (bicyclic) bond motifs is 5. The molecule has 0 aliphatic heterocycles. The first-order valence-electron chi connectivity index (χ1n) is 20.8. The zero-order valence-corrected chi connectivity index (χ0v) is 34.2. The number of hydrogen-bond donors (Lipinski definition) is 0. The van der Waals surface area contributed by atoms with E-state index in [0.717, 1.165) is 39.7 Å². The van der Waals surface area contributed by atoms with Gasteiger partial charge >= 0.3 is 0 Å². The number of rotatable bonds is 9. The van der Waals surface area contributed by atoms with Crippen LogP contribution in [0.3, 0.4) is 0 Å². The summed E-state index contributed by atoms with van der Waals surface area (Å²) in [4.78, 5) is 4.93. The van der Waals surface area contributed by atoms with Crippen molar-refractivity contribution in [1.82, 2.24) is 0 Å². The average Bonchev–Trinajstić information content (AvgIpc) is 3.74. The molecule has 0 atom stereocenters. The van der Waals surface area contributed by atoms with Gasteiger partial charge in [0.15, 0.2) is 0 Å². The second kappa shape index (κ2) is 15.8. The van der Waals surface area contributed by atoms with Gasteiger partial charge in [0, 0.05) is 42.9 Å². The Balaban J connectivity index is 1.22. The quantitative estimate of drug-likeness (QED) is 0.144. The fourth-order valence-corrected chi connectivity index (χ4v) is 9.95. The van der Waals surface area contributed by atoms with E-state index in [-0.39, 0.29) is 0 Å². The first-order chi connectivity index (χ1) is 30.3. The van der Waals surface area contributed by atoms with Crippen LogP contribution < -0.4 is 9.80 Å². The molecular weight excluding hydrogens is 757 g/mol. The third-order valence-electron chi connectivity index (χ3n) is 11.6. The monoisotopic (exact) mass is 796 g/mol.